The molecule has 0 bridgehead atoms. The Bertz CT molecular complexity index is 900. The van der Waals surface area contributed by atoms with E-state index in [9.17, 15) is 9.90 Å². The average Bonchev–Trinajstić information content (AvgIpc) is 3.22. The highest BCUT2D eigenvalue weighted by atomic mass is 32.1. The zero-order chi connectivity index (χ0) is 21.3. The van der Waals surface area contributed by atoms with Gasteiger partial charge in [0.15, 0.2) is 0 Å². The van der Waals surface area contributed by atoms with Crippen LogP contribution in [0.5, 0.6) is 5.88 Å². The minimum Gasteiger partial charge on any atom is -0.474 e. The van der Waals surface area contributed by atoms with E-state index in [4.69, 9.17) is 9.47 Å². The summed E-state index contributed by atoms with van der Waals surface area (Å²) < 4.78 is 11.7. The molecule has 1 fully saturated rings. The summed E-state index contributed by atoms with van der Waals surface area (Å²) in [6.45, 7) is 5.80. The Hall–Kier alpha value is -1.93. The number of hydrogen-bond donors (Lipinski definition) is 2. The van der Waals surface area contributed by atoms with Gasteiger partial charge in [-0.2, -0.15) is 0 Å². The first-order valence-corrected chi connectivity index (χ1v) is 11.7. The fraction of sp³-hybridized carbons (Fsp3) is 0.682. The van der Waals surface area contributed by atoms with Gasteiger partial charge in [0.2, 0.25) is 5.88 Å². The molecule has 0 radical (unpaired) electrons. The number of ether oxygens (including phenoxy) is 2. The molecule has 0 aliphatic heterocycles. The van der Waals surface area contributed by atoms with E-state index in [1.54, 1.807) is 17.7 Å². The summed E-state index contributed by atoms with van der Waals surface area (Å²) in [6.07, 6.45) is 7.63. The Morgan fingerprint density at radius 2 is 2.00 bits per heavy atom. The average molecular weight is 434 g/mol. The number of thiophene rings is 1. The van der Waals surface area contributed by atoms with Gasteiger partial charge in [0, 0.05) is 17.5 Å². The highest BCUT2D eigenvalue weighted by Crippen LogP contribution is 2.47. The van der Waals surface area contributed by atoms with E-state index >= 15 is 0 Å². The third-order valence-corrected chi connectivity index (χ3v) is 7.02. The Labute approximate surface area is 181 Å². The van der Waals surface area contributed by atoms with Gasteiger partial charge in [0.05, 0.1) is 5.39 Å². The molecule has 2 aromatic rings. The van der Waals surface area contributed by atoms with Crippen LogP contribution in [0.25, 0.3) is 10.2 Å². The quantitative estimate of drug-likeness (QED) is 0.729. The van der Waals surface area contributed by atoms with Gasteiger partial charge in [-0.1, -0.05) is 0 Å². The normalized spacial score (nSPS) is 23.9. The Morgan fingerprint density at radius 3 is 2.70 bits per heavy atom. The number of carbonyl (C=O) groups is 1. The minimum absolute atomic E-state index is 0.0769. The van der Waals surface area contributed by atoms with Crippen LogP contribution >= 0.6 is 11.3 Å². The molecule has 1 atom stereocenters. The molecule has 2 aromatic heterocycles. The molecule has 1 saturated carbocycles. The maximum Gasteiger partial charge on any atom is 0.407 e. The zero-order valence-corrected chi connectivity index (χ0v) is 18.8. The van der Waals surface area contributed by atoms with Gasteiger partial charge < -0.3 is 19.9 Å². The van der Waals surface area contributed by atoms with Gasteiger partial charge in [-0.25, -0.2) is 14.8 Å². The first-order chi connectivity index (χ1) is 14.3. The molecular weight excluding hydrogens is 402 g/mol. The van der Waals surface area contributed by atoms with Crippen molar-refractivity contribution in [1.82, 2.24) is 15.3 Å². The third-order valence-electron chi connectivity index (χ3n) is 5.85. The molecule has 30 heavy (non-hydrogen) atoms. The summed E-state index contributed by atoms with van der Waals surface area (Å²) in [5.41, 5.74) is 0.803. The zero-order valence-electron chi connectivity index (χ0n) is 17.9. The SMILES string of the molecule is CC(C)(C)OC(=O)N[C@H]1CC[C@H](Oc2ncnc3sc4c(c23)[C@H](CCO)CC4)CC1. The highest BCUT2D eigenvalue weighted by Gasteiger charge is 2.31. The molecule has 2 aliphatic rings. The van der Waals surface area contributed by atoms with Crippen LogP contribution < -0.4 is 10.1 Å². The number of nitrogens with one attached hydrogen (secondary N) is 1. The van der Waals surface area contributed by atoms with Crippen molar-refractivity contribution in [3.05, 3.63) is 16.8 Å². The smallest absolute Gasteiger partial charge is 0.407 e. The summed E-state index contributed by atoms with van der Waals surface area (Å²) in [6, 6.07) is 0.115. The van der Waals surface area contributed by atoms with Crippen molar-refractivity contribution in [3.8, 4) is 5.88 Å². The maximum atomic E-state index is 12.0. The van der Waals surface area contributed by atoms with Crippen molar-refractivity contribution in [2.45, 2.75) is 89.4 Å². The first kappa shape index (κ1) is 21.3. The van der Waals surface area contributed by atoms with Crippen LogP contribution in [0.4, 0.5) is 4.79 Å². The van der Waals surface area contributed by atoms with E-state index in [1.807, 2.05) is 20.8 Å². The van der Waals surface area contributed by atoms with Crippen LogP contribution in [-0.4, -0.2) is 45.5 Å². The van der Waals surface area contributed by atoms with Crippen LogP contribution in [0.2, 0.25) is 0 Å². The number of hydrogen-bond acceptors (Lipinski definition) is 7. The third kappa shape index (κ3) is 4.70. The molecule has 0 spiro atoms. The van der Waals surface area contributed by atoms with Gasteiger partial charge in [0.1, 0.15) is 22.9 Å². The van der Waals surface area contributed by atoms with E-state index in [0.29, 0.717) is 11.8 Å². The summed E-state index contributed by atoms with van der Waals surface area (Å²) in [5, 5.41) is 13.5. The number of aliphatic hydroxyl groups excluding tert-OH is 1. The number of aliphatic hydroxyl groups is 1. The fourth-order valence-electron chi connectivity index (χ4n) is 4.53. The Morgan fingerprint density at radius 1 is 1.23 bits per heavy atom. The van der Waals surface area contributed by atoms with Gasteiger partial charge in [-0.05, 0) is 77.2 Å². The Balaban J connectivity index is 1.41. The molecule has 0 aromatic carbocycles. The summed E-state index contributed by atoms with van der Waals surface area (Å²) in [4.78, 5) is 23.3. The summed E-state index contributed by atoms with van der Waals surface area (Å²) in [5.74, 6) is 1.03. The van der Waals surface area contributed by atoms with Crippen LogP contribution in [0, 0.1) is 0 Å². The van der Waals surface area contributed by atoms with E-state index in [0.717, 1.165) is 55.2 Å². The van der Waals surface area contributed by atoms with Crippen LogP contribution in [0.15, 0.2) is 6.33 Å². The second-order valence-corrected chi connectivity index (χ2v) is 10.4. The van der Waals surface area contributed by atoms with Crippen molar-refractivity contribution >= 4 is 27.6 Å². The lowest BCUT2D eigenvalue weighted by Crippen LogP contribution is -2.42. The first-order valence-electron chi connectivity index (χ1n) is 10.9. The number of aromatic nitrogens is 2. The van der Waals surface area contributed by atoms with Crippen molar-refractivity contribution < 1.29 is 19.4 Å². The number of fused-ring (bicyclic) bond motifs is 3. The predicted molar refractivity (Wildman–Crippen MR) is 116 cm³/mol. The topological polar surface area (TPSA) is 93.6 Å². The van der Waals surface area contributed by atoms with Gasteiger partial charge in [0.25, 0.3) is 0 Å². The molecule has 7 nitrogen and oxygen atoms in total. The maximum absolute atomic E-state index is 12.0. The fourth-order valence-corrected chi connectivity index (χ4v) is 5.76. The second-order valence-electron chi connectivity index (χ2n) is 9.28. The van der Waals surface area contributed by atoms with Crippen LogP contribution in [0.1, 0.15) is 75.7 Å². The molecule has 8 heteroatoms. The number of amides is 1. The van der Waals surface area contributed by atoms with E-state index < -0.39 is 5.60 Å². The predicted octanol–water partition coefficient (Wildman–Crippen LogP) is 4.32. The number of alkyl carbamates (subject to hydrolysis) is 1. The van der Waals surface area contributed by atoms with Crippen LogP contribution in [0.3, 0.4) is 0 Å². The van der Waals surface area contributed by atoms with Gasteiger partial charge in [-0.3, -0.25) is 0 Å². The van der Waals surface area contributed by atoms with E-state index in [1.165, 1.54) is 10.4 Å². The largest absolute Gasteiger partial charge is 0.474 e. The molecule has 0 unspecified atom stereocenters. The lowest BCUT2D eigenvalue weighted by atomic mass is 9.93. The van der Waals surface area contributed by atoms with Crippen molar-refractivity contribution in [1.29, 1.82) is 0 Å². The number of aryl methyl sites for hydroxylation is 1. The van der Waals surface area contributed by atoms with E-state index in [-0.39, 0.29) is 24.8 Å². The number of rotatable bonds is 5. The number of nitrogens with zero attached hydrogens (tertiary/aromatic N) is 2. The molecule has 0 saturated heterocycles. The second kappa shape index (κ2) is 8.67. The van der Waals surface area contributed by atoms with Crippen molar-refractivity contribution in [2.24, 2.45) is 0 Å². The Kier molecular flexibility index (Phi) is 6.16. The lowest BCUT2D eigenvalue weighted by Gasteiger charge is -2.30. The number of carbonyl (C=O) groups excluding carboxylic acids is 1. The molecule has 164 valence electrons. The van der Waals surface area contributed by atoms with Crippen LogP contribution in [-0.2, 0) is 11.2 Å². The lowest BCUT2D eigenvalue weighted by molar-refractivity contribution is 0.0470. The van der Waals surface area contributed by atoms with Crippen molar-refractivity contribution in [2.75, 3.05) is 6.61 Å². The molecule has 2 N–H and O–H groups in total. The molecule has 2 heterocycles. The summed E-state index contributed by atoms with van der Waals surface area (Å²) >= 11 is 1.73. The molecule has 1 amide bonds. The monoisotopic (exact) mass is 433 g/mol. The summed E-state index contributed by atoms with van der Waals surface area (Å²) in [7, 11) is 0. The minimum atomic E-state index is -0.489. The molecule has 2 aliphatic carbocycles. The molecular formula is C22H31N3O4S. The van der Waals surface area contributed by atoms with E-state index in [2.05, 4.69) is 15.3 Å². The van der Waals surface area contributed by atoms with Crippen molar-refractivity contribution in [3.63, 3.8) is 0 Å². The van der Waals surface area contributed by atoms with Gasteiger partial charge in [-0.15, -0.1) is 11.3 Å². The standard InChI is InChI=1S/C22H31N3O4S/c1-22(2,3)29-21(27)25-14-5-7-15(8-6-14)28-19-18-17-13(10-11-26)4-9-16(17)30-20(18)24-12-23-19/h12-15,26H,4-11H2,1-3H3,(H,25,27)/t13-,14-,15-/m0/s1. The molecule has 4 rings (SSSR count). The highest BCUT2D eigenvalue weighted by molar-refractivity contribution is 7.19. The van der Waals surface area contributed by atoms with Gasteiger partial charge >= 0.3 is 6.09 Å².